The van der Waals surface area contributed by atoms with E-state index < -0.39 is 17.9 Å². The van der Waals surface area contributed by atoms with Crippen molar-refractivity contribution in [1.82, 2.24) is 0 Å². The Morgan fingerprint density at radius 3 is 2.44 bits per heavy atom. The van der Waals surface area contributed by atoms with Crippen LogP contribution in [-0.2, 0) is 9.53 Å². The lowest BCUT2D eigenvalue weighted by atomic mass is 9.94. The van der Waals surface area contributed by atoms with E-state index in [4.69, 9.17) is 10.5 Å². The number of anilines is 1. The highest BCUT2D eigenvalue weighted by Crippen LogP contribution is 2.21. The second-order valence-electron chi connectivity index (χ2n) is 5.52. The van der Waals surface area contributed by atoms with Crippen LogP contribution in [0.1, 0.15) is 35.8 Å². The molecule has 2 rings (SSSR count). The van der Waals surface area contributed by atoms with Gasteiger partial charge in [0.15, 0.2) is 0 Å². The van der Waals surface area contributed by atoms with Crippen LogP contribution in [-0.4, -0.2) is 18.5 Å². The molecule has 0 radical (unpaired) electrons. The average molecular weight is 363 g/mol. The summed E-state index contributed by atoms with van der Waals surface area (Å²) in [5.41, 5.74) is 8.02. The normalized spacial score (nSPS) is 12.4. The largest absolute Gasteiger partial charge is 0.462 e. The lowest BCUT2D eigenvalue weighted by Crippen LogP contribution is -2.30. The summed E-state index contributed by atoms with van der Waals surface area (Å²) in [6.45, 7) is 3.83. The molecule has 0 bridgehead atoms. The maximum atomic E-state index is 12.4. The van der Waals surface area contributed by atoms with Gasteiger partial charge in [-0.15, -0.1) is 12.4 Å². The lowest BCUT2D eigenvalue weighted by molar-refractivity contribution is -0.120. The van der Waals surface area contributed by atoms with Gasteiger partial charge in [-0.3, -0.25) is 4.79 Å². The maximum absolute atomic E-state index is 12.4. The Labute approximate surface area is 154 Å². The minimum Gasteiger partial charge on any atom is -0.462 e. The SMILES string of the molecule is CCOC(=O)c1cccc(NC(=O)C(C)C(N)c2ccccc2)c1.Cl. The molecule has 1 amide bonds. The van der Waals surface area contributed by atoms with Gasteiger partial charge >= 0.3 is 5.97 Å². The quantitative estimate of drug-likeness (QED) is 0.770. The van der Waals surface area contributed by atoms with Gasteiger partial charge in [-0.05, 0) is 30.7 Å². The van der Waals surface area contributed by atoms with Crippen molar-refractivity contribution in [2.45, 2.75) is 19.9 Å². The summed E-state index contributed by atoms with van der Waals surface area (Å²) in [6.07, 6.45) is 0. The van der Waals surface area contributed by atoms with E-state index in [0.29, 0.717) is 17.9 Å². The first-order valence-corrected chi connectivity index (χ1v) is 7.91. The molecule has 3 N–H and O–H groups in total. The molecule has 0 saturated heterocycles. The van der Waals surface area contributed by atoms with E-state index in [1.165, 1.54) is 0 Å². The fraction of sp³-hybridized carbons (Fsp3) is 0.263. The van der Waals surface area contributed by atoms with Gasteiger partial charge in [-0.1, -0.05) is 43.3 Å². The van der Waals surface area contributed by atoms with E-state index in [2.05, 4.69) is 5.32 Å². The molecule has 0 spiro atoms. The predicted octanol–water partition coefficient (Wildman–Crippen LogP) is 3.56. The first-order valence-electron chi connectivity index (χ1n) is 7.91. The summed E-state index contributed by atoms with van der Waals surface area (Å²) in [6, 6.07) is 15.7. The number of benzene rings is 2. The van der Waals surface area contributed by atoms with Gasteiger partial charge in [0.2, 0.25) is 5.91 Å². The topological polar surface area (TPSA) is 81.4 Å². The molecule has 2 unspecified atom stereocenters. The number of rotatable bonds is 6. The van der Waals surface area contributed by atoms with Crippen molar-refractivity contribution in [2.24, 2.45) is 11.7 Å². The number of carbonyl (C=O) groups excluding carboxylic acids is 2. The Morgan fingerprint density at radius 2 is 1.80 bits per heavy atom. The highest BCUT2D eigenvalue weighted by Gasteiger charge is 2.22. The van der Waals surface area contributed by atoms with Crippen molar-refractivity contribution < 1.29 is 14.3 Å². The summed E-state index contributed by atoms with van der Waals surface area (Å²) < 4.78 is 4.96. The maximum Gasteiger partial charge on any atom is 0.338 e. The first-order chi connectivity index (χ1) is 11.5. The Hall–Kier alpha value is -2.37. The molecule has 0 aliphatic rings. The van der Waals surface area contributed by atoms with Gasteiger partial charge in [-0.2, -0.15) is 0 Å². The van der Waals surface area contributed by atoms with Crippen LogP contribution in [0, 0.1) is 5.92 Å². The molecule has 2 aromatic rings. The minimum atomic E-state index is -0.418. The third-order valence-electron chi connectivity index (χ3n) is 3.78. The molecule has 6 heteroatoms. The number of carbonyl (C=O) groups is 2. The van der Waals surface area contributed by atoms with Gasteiger partial charge in [0, 0.05) is 11.7 Å². The Kier molecular flexibility index (Phi) is 8.11. The smallest absolute Gasteiger partial charge is 0.338 e. The number of amides is 1. The molecule has 0 fully saturated rings. The van der Waals surface area contributed by atoms with Crippen molar-refractivity contribution in [2.75, 3.05) is 11.9 Å². The third kappa shape index (κ3) is 5.59. The molecular weight excluding hydrogens is 340 g/mol. The van der Waals surface area contributed by atoms with E-state index >= 15 is 0 Å². The molecule has 2 aromatic carbocycles. The number of nitrogens with two attached hydrogens (primary N) is 1. The van der Waals surface area contributed by atoms with E-state index in [0.717, 1.165) is 5.56 Å². The van der Waals surface area contributed by atoms with E-state index in [9.17, 15) is 9.59 Å². The zero-order valence-electron chi connectivity index (χ0n) is 14.3. The average Bonchev–Trinajstić information content (AvgIpc) is 2.61. The number of nitrogens with one attached hydrogen (secondary N) is 1. The molecule has 0 aromatic heterocycles. The lowest BCUT2D eigenvalue weighted by Gasteiger charge is -2.20. The van der Waals surface area contributed by atoms with Gasteiger partial charge in [-0.25, -0.2) is 4.79 Å². The summed E-state index contributed by atoms with van der Waals surface area (Å²) in [5, 5.41) is 2.80. The predicted molar refractivity (Wildman–Crippen MR) is 101 cm³/mol. The summed E-state index contributed by atoms with van der Waals surface area (Å²) >= 11 is 0. The van der Waals surface area contributed by atoms with Crippen LogP contribution in [0.5, 0.6) is 0 Å². The van der Waals surface area contributed by atoms with Crippen LogP contribution in [0.4, 0.5) is 5.69 Å². The standard InChI is InChI=1S/C19H22N2O3.ClH/c1-3-24-19(23)15-10-7-11-16(12-15)21-18(22)13(2)17(20)14-8-5-4-6-9-14;/h4-13,17H,3,20H2,1-2H3,(H,21,22);1H. The fourth-order valence-electron chi connectivity index (χ4n) is 2.32. The summed E-state index contributed by atoms with van der Waals surface area (Å²) in [5.74, 6) is -1.03. The van der Waals surface area contributed by atoms with Crippen molar-refractivity contribution in [3.63, 3.8) is 0 Å². The molecular formula is C19H23ClN2O3. The molecule has 134 valence electrons. The second-order valence-corrected chi connectivity index (χ2v) is 5.52. The number of esters is 1. The zero-order valence-corrected chi connectivity index (χ0v) is 15.1. The van der Waals surface area contributed by atoms with E-state index in [1.807, 2.05) is 30.3 Å². The molecule has 5 nitrogen and oxygen atoms in total. The van der Waals surface area contributed by atoms with E-state index in [1.54, 1.807) is 38.1 Å². The van der Waals surface area contributed by atoms with Crippen molar-refractivity contribution in [3.8, 4) is 0 Å². The van der Waals surface area contributed by atoms with Crippen molar-refractivity contribution in [3.05, 3.63) is 65.7 Å². The number of halogens is 1. The number of hydrogen-bond donors (Lipinski definition) is 2. The van der Waals surface area contributed by atoms with Gasteiger partial charge in [0.05, 0.1) is 18.1 Å². The van der Waals surface area contributed by atoms with Crippen LogP contribution < -0.4 is 11.1 Å². The highest BCUT2D eigenvalue weighted by atomic mass is 35.5. The number of hydrogen-bond acceptors (Lipinski definition) is 4. The van der Waals surface area contributed by atoms with Gasteiger partial charge in [0.25, 0.3) is 0 Å². The first kappa shape index (κ1) is 20.7. The van der Waals surface area contributed by atoms with Gasteiger partial charge in [0.1, 0.15) is 0 Å². The van der Waals surface area contributed by atoms with Crippen molar-refractivity contribution >= 4 is 30.0 Å². The molecule has 0 saturated carbocycles. The molecule has 0 aliphatic carbocycles. The van der Waals surface area contributed by atoms with Crippen molar-refractivity contribution in [1.29, 1.82) is 0 Å². The van der Waals surface area contributed by atoms with E-state index in [-0.39, 0.29) is 18.3 Å². The third-order valence-corrected chi connectivity index (χ3v) is 3.78. The Balaban J connectivity index is 0.00000312. The summed E-state index contributed by atoms with van der Waals surface area (Å²) in [4.78, 5) is 24.2. The monoisotopic (exact) mass is 362 g/mol. The molecule has 25 heavy (non-hydrogen) atoms. The van der Waals surface area contributed by atoms with Crippen LogP contribution in [0.15, 0.2) is 54.6 Å². The van der Waals surface area contributed by atoms with Crippen LogP contribution >= 0.6 is 12.4 Å². The minimum absolute atomic E-state index is 0. The molecule has 0 heterocycles. The number of ether oxygens (including phenoxy) is 1. The van der Waals surface area contributed by atoms with Crippen LogP contribution in [0.2, 0.25) is 0 Å². The van der Waals surface area contributed by atoms with Crippen LogP contribution in [0.3, 0.4) is 0 Å². The molecule has 0 aliphatic heterocycles. The zero-order chi connectivity index (χ0) is 17.5. The fourth-order valence-corrected chi connectivity index (χ4v) is 2.32. The second kappa shape index (κ2) is 9.81. The summed E-state index contributed by atoms with van der Waals surface area (Å²) in [7, 11) is 0. The van der Waals surface area contributed by atoms with Crippen LogP contribution in [0.25, 0.3) is 0 Å². The highest BCUT2D eigenvalue weighted by molar-refractivity contribution is 5.95. The Morgan fingerprint density at radius 1 is 1.12 bits per heavy atom. The Bertz CT molecular complexity index is 707. The molecule has 2 atom stereocenters. The van der Waals surface area contributed by atoms with Gasteiger partial charge < -0.3 is 15.8 Å².